The lowest BCUT2D eigenvalue weighted by Crippen LogP contribution is -2.55. The number of anilines is 1. The predicted molar refractivity (Wildman–Crippen MR) is 69.2 cm³/mol. The second-order valence-corrected chi connectivity index (χ2v) is 4.71. The van der Waals surface area contributed by atoms with Crippen LogP contribution in [0.15, 0.2) is 18.2 Å². The van der Waals surface area contributed by atoms with Gasteiger partial charge in [0.15, 0.2) is 6.23 Å². The van der Waals surface area contributed by atoms with Gasteiger partial charge in [-0.05, 0) is 13.0 Å². The van der Waals surface area contributed by atoms with Gasteiger partial charge in [0.2, 0.25) is 0 Å². The van der Waals surface area contributed by atoms with Crippen LogP contribution in [-0.2, 0) is 4.74 Å². The molecule has 1 heterocycles. The number of ether oxygens (including phenoxy) is 1. The Labute approximate surface area is 114 Å². The SMILES string of the molecule is Cc1ccc(N[C@@H]2OC[C@H](O)[C@H](O)[C@@H]2O)cc1[N+](=O)[O-]. The first-order valence-corrected chi connectivity index (χ1v) is 6.07. The van der Waals surface area contributed by atoms with Crippen LogP contribution in [0, 0.1) is 17.0 Å². The van der Waals surface area contributed by atoms with Crippen molar-refractivity contribution in [2.45, 2.75) is 31.5 Å². The molecular formula is C12H16N2O6. The standard InChI is InChI=1S/C12H16N2O6/c1-6-2-3-7(4-8(6)14(18)19)13-12-11(17)10(16)9(15)5-20-12/h2-4,9-13,15-17H,5H2,1H3/t9-,10-,11-,12+/m0/s1. The zero-order valence-corrected chi connectivity index (χ0v) is 10.8. The van der Waals surface area contributed by atoms with Gasteiger partial charge in [-0.25, -0.2) is 0 Å². The molecule has 1 saturated heterocycles. The fraction of sp³-hybridized carbons (Fsp3) is 0.500. The van der Waals surface area contributed by atoms with Gasteiger partial charge in [0, 0.05) is 17.3 Å². The Hall–Kier alpha value is -1.74. The van der Waals surface area contributed by atoms with E-state index in [0.29, 0.717) is 11.3 Å². The molecule has 1 aliphatic heterocycles. The van der Waals surface area contributed by atoms with E-state index in [9.17, 15) is 25.4 Å². The number of nitrogens with zero attached hydrogens (tertiary/aromatic N) is 1. The summed E-state index contributed by atoms with van der Waals surface area (Å²) in [4.78, 5) is 10.3. The quantitative estimate of drug-likeness (QED) is 0.445. The molecule has 0 spiro atoms. The number of benzene rings is 1. The van der Waals surface area contributed by atoms with Crippen molar-refractivity contribution in [2.75, 3.05) is 11.9 Å². The fourth-order valence-electron chi connectivity index (χ4n) is 1.99. The van der Waals surface area contributed by atoms with Crippen LogP contribution in [-0.4, -0.2) is 51.4 Å². The van der Waals surface area contributed by atoms with E-state index in [1.165, 1.54) is 6.07 Å². The van der Waals surface area contributed by atoms with Crippen molar-refractivity contribution < 1.29 is 25.0 Å². The first kappa shape index (κ1) is 14.7. The number of hydrogen-bond donors (Lipinski definition) is 4. The molecule has 1 aromatic carbocycles. The van der Waals surface area contributed by atoms with Crippen molar-refractivity contribution in [3.05, 3.63) is 33.9 Å². The third-order valence-corrected chi connectivity index (χ3v) is 3.22. The monoisotopic (exact) mass is 284 g/mol. The summed E-state index contributed by atoms with van der Waals surface area (Å²) in [5.41, 5.74) is 0.844. The average molecular weight is 284 g/mol. The molecule has 4 N–H and O–H groups in total. The highest BCUT2D eigenvalue weighted by molar-refractivity contribution is 5.55. The molecule has 0 amide bonds. The molecule has 0 aliphatic carbocycles. The minimum absolute atomic E-state index is 0.0547. The topological polar surface area (TPSA) is 125 Å². The van der Waals surface area contributed by atoms with Crippen LogP contribution in [0.25, 0.3) is 0 Å². The number of nitro groups is 1. The Morgan fingerprint density at radius 3 is 2.70 bits per heavy atom. The average Bonchev–Trinajstić information content (AvgIpc) is 2.41. The molecule has 20 heavy (non-hydrogen) atoms. The highest BCUT2D eigenvalue weighted by atomic mass is 16.6. The minimum Gasteiger partial charge on any atom is -0.388 e. The Morgan fingerprint density at radius 1 is 1.35 bits per heavy atom. The molecule has 8 nitrogen and oxygen atoms in total. The van der Waals surface area contributed by atoms with E-state index in [-0.39, 0.29) is 12.3 Å². The lowest BCUT2D eigenvalue weighted by molar-refractivity contribution is -0.385. The van der Waals surface area contributed by atoms with Crippen molar-refractivity contribution in [2.24, 2.45) is 0 Å². The van der Waals surface area contributed by atoms with Crippen LogP contribution in [0.2, 0.25) is 0 Å². The largest absolute Gasteiger partial charge is 0.388 e. The third-order valence-electron chi connectivity index (χ3n) is 3.22. The second kappa shape index (κ2) is 5.71. The first-order valence-electron chi connectivity index (χ1n) is 6.07. The molecule has 1 fully saturated rings. The molecule has 110 valence electrons. The number of aliphatic hydroxyl groups is 3. The molecule has 8 heteroatoms. The summed E-state index contributed by atoms with van der Waals surface area (Å²) < 4.78 is 5.17. The molecule has 0 bridgehead atoms. The number of nitrogens with one attached hydrogen (secondary N) is 1. The van der Waals surface area contributed by atoms with Gasteiger partial charge >= 0.3 is 0 Å². The van der Waals surface area contributed by atoms with Crippen molar-refractivity contribution in [3.8, 4) is 0 Å². The number of rotatable bonds is 3. The lowest BCUT2D eigenvalue weighted by atomic mass is 10.0. The van der Waals surface area contributed by atoms with Crippen LogP contribution in [0.3, 0.4) is 0 Å². The molecule has 1 aromatic rings. The van der Waals surface area contributed by atoms with Crippen LogP contribution >= 0.6 is 0 Å². The highest BCUT2D eigenvalue weighted by Crippen LogP contribution is 2.24. The Bertz CT molecular complexity index is 509. The van der Waals surface area contributed by atoms with E-state index >= 15 is 0 Å². The minimum atomic E-state index is -1.33. The van der Waals surface area contributed by atoms with E-state index in [0.717, 1.165) is 0 Å². The summed E-state index contributed by atoms with van der Waals surface area (Å²) in [5.74, 6) is 0. The maximum Gasteiger partial charge on any atom is 0.274 e. The fourth-order valence-corrected chi connectivity index (χ4v) is 1.99. The van der Waals surface area contributed by atoms with Crippen molar-refractivity contribution in [3.63, 3.8) is 0 Å². The molecule has 1 aliphatic rings. The predicted octanol–water partition coefficient (Wildman–Crippen LogP) is -0.246. The summed E-state index contributed by atoms with van der Waals surface area (Å²) in [6.45, 7) is 1.48. The van der Waals surface area contributed by atoms with Crippen molar-refractivity contribution >= 4 is 11.4 Å². The van der Waals surface area contributed by atoms with Gasteiger partial charge in [-0.1, -0.05) is 6.07 Å². The van der Waals surface area contributed by atoms with Gasteiger partial charge in [0.05, 0.1) is 11.5 Å². The summed E-state index contributed by atoms with van der Waals surface area (Å²) in [6, 6.07) is 4.50. The summed E-state index contributed by atoms with van der Waals surface area (Å²) in [7, 11) is 0. The number of hydrogen-bond acceptors (Lipinski definition) is 7. The van der Waals surface area contributed by atoms with Crippen LogP contribution in [0.5, 0.6) is 0 Å². The second-order valence-electron chi connectivity index (χ2n) is 4.71. The zero-order chi connectivity index (χ0) is 14.9. The number of aryl methyl sites for hydroxylation is 1. The van der Waals surface area contributed by atoms with Gasteiger partial charge in [0.1, 0.15) is 18.3 Å². The first-order chi connectivity index (χ1) is 9.40. The Morgan fingerprint density at radius 2 is 2.05 bits per heavy atom. The van der Waals surface area contributed by atoms with Crippen LogP contribution in [0.4, 0.5) is 11.4 Å². The van der Waals surface area contributed by atoms with Crippen molar-refractivity contribution in [1.29, 1.82) is 0 Å². The molecule has 0 aromatic heterocycles. The smallest absolute Gasteiger partial charge is 0.274 e. The third kappa shape index (κ3) is 2.88. The van der Waals surface area contributed by atoms with E-state index < -0.39 is 29.5 Å². The summed E-state index contributed by atoms with van der Waals surface area (Å²) in [6.07, 6.45) is -4.77. The number of aliphatic hydroxyl groups excluding tert-OH is 3. The molecule has 2 rings (SSSR count). The van der Waals surface area contributed by atoms with Gasteiger partial charge < -0.3 is 25.4 Å². The number of nitro benzene ring substituents is 1. The van der Waals surface area contributed by atoms with Gasteiger partial charge in [-0.2, -0.15) is 0 Å². The van der Waals surface area contributed by atoms with Gasteiger partial charge in [-0.15, -0.1) is 0 Å². The molecule has 0 saturated carbocycles. The molecular weight excluding hydrogens is 268 g/mol. The summed E-state index contributed by atoms with van der Waals surface area (Å²) in [5, 5.41) is 42.3. The molecule has 0 radical (unpaired) electrons. The van der Waals surface area contributed by atoms with Crippen LogP contribution < -0.4 is 5.32 Å². The van der Waals surface area contributed by atoms with E-state index in [1.807, 2.05) is 0 Å². The highest BCUT2D eigenvalue weighted by Gasteiger charge is 2.37. The van der Waals surface area contributed by atoms with E-state index in [2.05, 4.69) is 5.32 Å². The molecule has 4 atom stereocenters. The van der Waals surface area contributed by atoms with E-state index in [4.69, 9.17) is 4.74 Å². The summed E-state index contributed by atoms with van der Waals surface area (Å²) >= 11 is 0. The Balaban J connectivity index is 2.14. The molecule has 0 unspecified atom stereocenters. The van der Waals surface area contributed by atoms with Gasteiger partial charge in [-0.3, -0.25) is 10.1 Å². The van der Waals surface area contributed by atoms with E-state index in [1.54, 1.807) is 19.1 Å². The zero-order valence-electron chi connectivity index (χ0n) is 10.8. The normalized spacial score (nSPS) is 30.0. The van der Waals surface area contributed by atoms with Crippen molar-refractivity contribution in [1.82, 2.24) is 0 Å². The van der Waals surface area contributed by atoms with Gasteiger partial charge in [0.25, 0.3) is 5.69 Å². The maximum atomic E-state index is 10.8. The lowest BCUT2D eigenvalue weighted by Gasteiger charge is -2.35. The maximum absolute atomic E-state index is 10.8. The van der Waals surface area contributed by atoms with Crippen LogP contribution in [0.1, 0.15) is 5.56 Å². The Kier molecular flexibility index (Phi) is 4.19.